The molecule has 3 heteroatoms. The summed E-state index contributed by atoms with van der Waals surface area (Å²) in [5.41, 5.74) is 1.04. The van der Waals surface area contributed by atoms with Crippen molar-refractivity contribution in [3.8, 4) is 11.4 Å². The summed E-state index contributed by atoms with van der Waals surface area (Å²) in [6.45, 7) is 0. The van der Waals surface area contributed by atoms with E-state index in [1.54, 1.807) is 12.4 Å². The average Bonchev–Trinajstić information content (AvgIpc) is 2.68. The molecule has 0 saturated carbocycles. The van der Waals surface area contributed by atoms with Gasteiger partial charge >= 0.3 is 0 Å². The molecule has 0 aliphatic rings. The summed E-state index contributed by atoms with van der Waals surface area (Å²) in [5.74, 6) is 0.754. The standard InChI is InChI=1S/C22H13BrN2/c23-15-7-9-19-18-8-6-14(22-24-10-3-11-25-22)12-20(18)16-4-1-2-5-17(16)21(19)13-15/h1-13H. The van der Waals surface area contributed by atoms with E-state index in [4.69, 9.17) is 0 Å². The minimum Gasteiger partial charge on any atom is -0.237 e. The van der Waals surface area contributed by atoms with Gasteiger partial charge in [-0.25, -0.2) is 9.97 Å². The van der Waals surface area contributed by atoms with Crippen molar-refractivity contribution in [3.05, 3.63) is 83.6 Å². The number of fused-ring (bicyclic) bond motifs is 6. The van der Waals surface area contributed by atoms with Crippen LogP contribution in [0.3, 0.4) is 0 Å². The number of hydrogen-bond donors (Lipinski definition) is 0. The molecule has 0 amide bonds. The summed E-state index contributed by atoms with van der Waals surface area (Å²) in [7, 11) is 0. The molecule has 5 aromatic rings. The second-order valence-corrected chi connectivity index (χ2v) is 6.98. The lowest BCUT2D eigenvalue weighted by Gasteiger charge is -2.12. The van der Waals surface area contributed by atoms with Gasteiger partial charge in [-0.3, -0.25) is 0 Å². The van der Waals surface area contributed by atoms with Gasteiger partial charge in [0.25, 0.3) is 0 Å². The maximum absolute atomic E-state index is 4.39. The molecule has 0 aliphatic heterocycles. The number of nitrogens with zero attached hydrogens (tertiary/aromatic N) is 2. The highest BCUT2D eigenvalue weighted by molar-refractivity contribution is 9.10. The van der Waals surface area contributed by atoms with Crippen molar-refractivity contribution in [3.63, 3.8) is 0 Å². The van der Waals surface area contributed by atoms with E-state index < -0.39 is 0 Å². The van der Waals surface area contributed by atoms with Crippen LogP contribution in [0.5, 0.6) is 0 Å². The van der Waals surface area contributed by atoms with E-state index in [2.05, 4.69) is 86.6 Å². The molecular weight excluding hydrogens is 372 g/mol. The lowest BCUT2D eigenvalue weighted by molar-refractivity contribution is 1.18. The molecule has 0 unspecified atom stereocenters. The maximum atomic E-state index is 4.39. The molecule has 0 atom stereocenters. The van der Waals surface area contributed by atoms with E-state index >= 15 is 0 Å². The minimum atomic E-state index is 0.754. The summed E-state index contributed by atoms with van der Waals surface area (Å²) in [4.78, 5) is 8.78. The van der Waals surface area contributed by atoms with E-state index in [0.29, 0.717) is 0 Å². The van der Waals surface area contributed by atoms with Crippen molar-refractivity contribution < 1.29 is 0 Å². The van der Waals surface area contributed by atoms with Crippen LogP contribution in [-0.4, -0.2) is 9.97 Å². The van der Waals surface area contributed by atoms with E-state index in [1.807, 2.05) is 6.07 Å². The Hall–Kier alpha value is -2.78. The molecule has 118 valence electrons. The van der Waals surface area contributed by atoms with Crippen LogP contribution in [0.4, 0.5) is 0 Å². The Morgan fingerprint density at radius 3 is 1.88 bits per heavy atom. The Labute approximate surface area is 153 Å². The molecule has 5 rings (SSSR count). The van der Waals surface area contributed by atoms with Gasteiger partial charge in [0, 0.05) is 22.4 Å². The number of rotatable bonds is 1. The first-order chi connectivity index (χ1) is 12.3. The predicted octanol–water partition coefficient (Wildman–Crippen LogP) is 6.37. The number of benzene rings is 4. The lowest BCUT2D eigenvalue weighted by Crippen LogP contribution is -1.88. The van der Waals surface area contributed by atoms with E-state index in [1.165, 1.54) is 32.3 Å². The van der Waals surface area contributed by atoms with Crippen molar-refractivity contribution in [1.29, 1.82) is 0 Å². The second kappa shape index (κ2) is 5.64. The SMILES string of the molecule is Brc1ccc2c3ccc(-c4ncccn4)cc3c3ccccc3c2c1. The Kier molecular flexibility index (Phi) is 3.28. The van der Waals surface area contributed by atoms with Crippen molar-refractivity contribution in [1.82, 2.24) is 9.97 Å². The molecule has 0 spiro atoms. The van der Waals surface area contributed by atoms with Gasteiger partial charge in [-0.2, -0.15) is 0 Å². The van der Waals surface area contributed by atoms with Gasteiger partial charge in [0.05, 0.1) is 0 Å². The fourth-order valence-electron chi connectivity index (χ4n) is 3.52. The molecule has 0 radical (unpaired) electrons. The third-order valence-corrected chi connectivity index (χ3v) is 5.12. The van der Waals surface area contributed by atoms with Crippen molar-refractivity contribution >= 4 is 48.2 Å². The van der Waals surface area contributed by atoms with E-state index in [0.717, 1.165) is 15.9 Å². The number of aromatic nitrogens is 2. The monoisotopic (exact) mass is 384 g/mol. The molecule has 1 heterocycles. The van der Waals surface area contributed by atoms with Gasteiger partial charge in [0.2, 0.25) is 0 Å². The normalized spacial score (nSPS) is 11.4. The van der Waals surface area contributed by atoms with Gasteiger partial charge in [-0.1, -0.05) is 58.4 Å². The zero-order valence-corrected chi connectivity index (χ0v) is 14.9. The van der Waals surface area contributed by atoms with Crippen LogP contribution in [0.2, 0.25) is 0 Å². The summed E-state index contributed by atoms with van der Waals surface area (Å²) >= 11 is 3.61. The molecule has 0 saturated heterocycles. The fourth-order valence-corrected chi connectivity index (χ4v) is 3.88. The maximum Gasteiger partial charge on any atom is 0.159 e. The Bertz CT molecular complexity index is 1230. The summed E-state index contributed by atoms with van der Waals surface area (Å²) in [5, 5.41) is 7.52. The first-order valence-electron chi connectivity index (χ1n) is 8.12. The topological polar surface area (TPSA) is 25.8 Å². The predicted molar refractivity (Wildman–Crippen MR) is 108 cm³/mol. The zero-order chi connectivity index (χ0) is 16.8. The van der Waals surface area contributed by atoms with Crippen LogP contribution < -0.4 is 0 Å². The van der Waals surface area contributed by atoms with Gasteiger partial charge in [0.15, 0.2) is 5.82 Å². The van der Waals surface area contributed by atoms with Gasteiger partial charge in [-0.15, -0.1) is 0 Å². The molecule has 0 N–H and O–H groups in total. The van der Waals surface area contributed by atoms with Crippen LogP contribution >= 0.6 is 15.9 Å². The van der Waals surface area contributed by atoms with E-state index in [-0.39, 0.29) is 0 Å². The smallest absolute Gasteiger partial charge is 0.159 e. The van der Waals surface area contributed by atoms with E-state index in [9.17, 15) is 0 Å². The van der Waals surface area contributed by atoms with Gasteiger partial charge < -0.3 is 0 Å². The van der Waals surface area contributed by atoms with Crippen molar-refractivity contribution in [2.24, 2.45) is 0 Å². The average molecular weight is 385 g/mol. The molecular formula is C22H13BrN2. The molecule has 0 aliphatic carbocycles. The largest absolute Gasteiger partial charge is 0.237 e. The molecule has 0 bridgehead atoms. The summed E-state index contributed by atoms with van der Waals surface area (Å²) in [6.07, 6.45) is 3.56. The second-order valence-electron chi connectivity index (χ2n) is 6.07. The first kappa shape index (κ1) is 14.6. The number of hydrogen-bond acceptors (Lipinski definition) is 2. The van der Waals surface area contributed by atoms with Crippen LogP contribution in [0.25, 0.3) is 43.7 Å². The molecule has 2 nitrogen and oxygen atoms in total. The fraction of sp³-hybridized carbons (Fsp3) is 0. The highest BCUT2D eigenvalue weighted by Gasteiger charge is 2.10. The Balaban J connectivity index is 1.96. The minimum absolute atomic E-state index is 0.754. The highest BCUT2D eigenvalue weighted by atomic mass is 79.9. The van der Waals surface area contributed by atoms with Crippen molar-refractivity contribution in [2.75, 3.05) is 0 Å². The molecule has 4 aromatic carbocycles. The van der Waals surface area contributed by atoms with Crippen LogP contribution in [0, 0.1) is 0 Å². The quantitative estimate of drug-likeness (QED) is 0.314. The van der Waals surface area contributed by atoms with Gasteiger partial charge in [-0.05, 0) is 56.6 Å². The Morgan fingerprint density at radius 2 is 1.16 bits per heavy atom. The summed E-state index contributed by atoms with van der Waals surface area (Å²) in [6, 6.07) is 23.4. The zero-order valence-electron chi connectivity index (χ0n) is 13.3. The van der Waals surface area contributed by atoms with Gasteiger partial charge in [0.1, 0.15) is 0 Å². The van der Waals surface area contributed by atoms with Crippen LogP contribution in [-0.2, 0) is 0 Å². The highest BCUT2D eigenvalue weighted by Crippen LogP contribution is 2.37. The lowest BCUT2D eigenvalue weighted by atomic mass is 9.93. The Morgan fingerprint density at radius 1 is 0.560 bits per heavy atom. The molecule has 0 fully saturated rings. The van der Waals surface area contributed by atoms with Crippen LogP contribution in [0.1, 0.15) is 0 Å². The molecule has 1 aromatic heterocycles. The van der Waals surface area contributed by atoms with Crippen LogP contribution in [0.15, 0.2) is 83.6 Å². The third kappa shape index (κ3) is 2.31. The third-order valence-electron chi connectivity index (χ3n) is 4.62. The first-order valence-corrected chi connectivity index (χ1v) is 8.92. The summed E-state index contributed by atoms with van der Waals surface area (Å²) < 4.78 is 1.10. The molecule has 25 heavy (non-hydrogen) atoms. The van der Waals surface area contributed by atoms with Crippen molar-refractivity contribution in [2.45, 2.75) is 0 Å². The number of halogens is 1.